The van der Waals surface area contributed by atoms with Crippen LogP contribution in [0.25, 0.3) is 0 Å². The normalized spacial score (nSPS) is 10.3. The van der Waals surface area contributed by atoms with E-state index in [4.69, 9.17) is 4.42 Å². The van der Waals surface area contributed by atoms with Gasteiger partial charge in [0, 0.05) is 18.0 Å². The first-order valence-electron chi connectivity index (χ1n) is 5.29. The topological polar surface area (TPSA) is 43.1 Å². The number of ketones is 1. The highest BCUT2D eigenvalue weighted by atomic mass is 16.3. The predicted molar refractivity (Wildman–Crippen MR) is 60.4 cm³/mol. The minimum atomic E-state index is 0.0780. The lowest BCUT2D eigenvalue weighted by Gasteiger charge is -2.04. The van der Waals surface area contributed by atoms with Crippen LogP contribution in [0.4, 0.5) is 0 Å². The van der Waals surface area contributed by atoms with Gasteiger partial charge in [0.05, 0.1) is 12.7 Å². The van der Waals surface area contributed by atoms with Crippen LogP contribution >= 0.6 is 0 Å². The molecule has 0 fully saturated rings. The molecule has 2 aromatic heterocycles. The summed E-state index contributed by atoms with van der Waals surface area (Å²) >= 11 is 0. The Hall–Kier alpha value is -1.90. The standard InChI is InChI=1S/C13H13NO2/c1-2-10-9-14-6-5-12(10)13(15)8-11-4-3-7-16-11/h3-7,9H,2,8H2,1H3. The van der Waals surface area contributed by atoms with Gasteiger partial charge >= 0.3 is 0 Å². The van der Waals surface area contributed by atoms with Crippen molar-refractivity contribution >= 4 is 5.78 Å². The SMILES string of the molecule is CCc1cnccc1C(=O)Cc1ccco1. The van der Waals surface area contributed by atoms with Gasteiger partial charge in [-0.15, -0.1) is 0 Å². The van der Waals surface area contributed by atoms with Gasteiger partial charge in [-0.1, -0.05) is 6.92 Å². The fourth-order valence-corrected chi connectivity index (χ4v) is 1.65. The lowest BCUT2D eigenvalue weighted by atomic mass is 10.0. The van der Waals surface area contributed by atoms with Crippen LogP contribution in [0.5, 0.6) is 0 Å². The van der Waals surface area contributed by atoms with Gasteiger partial charge < -0.3 is 4.42 Å². The first-order valence-corrected chi connectivity index (χ1v) is 5.29. The van der Waals surface area contributed by atoms with E-state index in [1.54, 1.807) is 30.8 Å². The van der Waals surface area contributed by atoms with Gasteiger partial charge in [0.25, 0.3) is 0 Å². The van der Waals surface area contributed by atoms with E-state index in [0.29, 0.717) is 12.2 Å². The van der Waals surface area contributed by atoms with E-state index in [-0.39, 0.29) is 5.78 Å². The highest BCUT2D eigenvalue weighted by Crippen LogP contribution is 2.12. The zero-order chi connectivity index (χ0) is 11.4. The Labute approximate surface area is 94.1 Å². The third-order valence-corrected chi connectivity index (χ3v) is 2.50. The second-order valence-electron chi connectivity index (χ2n) is 3.57. The molecular formula is C13H13NO2. The van der Waals surface area contributed by atoms with Crippen LogP contribution < -0.4 is 0 Å². The molecule has 0 bridgehead atoms. The van der Waals surface area contributed by atoms with Crippen LogP contribution in [0.2, 0.25) is 0 Å². The fraction of sp³-hybridized carbons (Fsp3) is 0.231. The third kappa shape index (κ3) is 2.19. The molecule has 16 heavy (non-hydrogen) atoms. The molecule has 3 nitrogen and oxygen atoms in total. The Morgan fingerprint density at radius 3 is 3.00 bits per heavy atom. The zero-order valence-corrected chi connectivity index (χ0v) is 9.14. The minimum absolute atomic E-state index is 0.0780. The molecule has 2 aromatic rings. The van der Waals surface area contributed by atoms with Crippen molar-refractivity contribution in [3.63, 3.8) is 0 Å². The second kappa shape index (κ2) is 4.75. The highest BCUT2D eigenvalue weighted by molar-refractivity contribution is 5.98. The van der Waals surface area contributed by atoms with Crippen molar-refractivity contribution in [3.8, 4) is 0 Å². The molecule has 0 N–H and O–H groups in total. The van der Waals surface area contributed by atoms with Crippen LogP contribution in [-0.2, 0) is 12.8 Å². The average Bonchev–Trinajstić information content (AvgIpc) is 2.81. The van der Waals surface area contributed by atoms with Gasteiger partial charge in [-0.25, -0.2) is 0 Å². The van der Waals surface area contributed by atoms with Crippen LogP contribution in [-0.4, -0.2) is 10.8 Å². The molecular weight excluding hydrogens is 202 g/mol. The molecule has 0 atom stereocenters. The maximum atomic E-state index is 12.0. The number of pyridine rings is 1. The Morgan fingerprint density at radius 1 is 1.44 bits per heavy atom. The number of aryl methyl sites for hydroxylation is 1. The molecule has 82 valence electrons. The number of hydrogen-bond donors (Lipinski definition) is 0. The highest BCUT2D eigenvalue weighted by Gasteiger charge is 2.12. The van der Waals surface area contributed by atoms with E-state index in [1.807, 2.05) is 13.0 Å². The van der Waals surface area contributed by atoms with E-state index in [1.165, 1.54) is 0 Å². The van der Waals surface area contributed by atoms with Gasteiger partial charge in [0.2, 0.25) is 0 Å². The summed E-state index contributed by atoms with van der Waals surface area (Å²) in [5.41, 5.74) is 1.73. The van der Waals surface area contributed by atoms with E-state index in [2.05, 4.69) is 4.98 Å². The Balaban J connectivity index is 2.21. The van der Waals surface area contributed by atoms with E-state index >= 15 is 0 Å². The lowest BCUT2D eigenvalue weighted by Crippen LogP contribution is -2.06. The molecule has 0 spiro atoms. The summed E-state index contributed by atoms with van der Waals surface area (Å²) in [6.45, 7) is 2.01. The number of Topliss-reactive ketones (excluding diaryl/α,β-unsaturated/α-hetero) is 1. The summed E-state index contributed by atoms with van der Waals surface area (Å²) < 4.78 is 5.16. The van der Waals surface area contributed by atoms with E-state index < -0.39 is 0 Å². The first kappa shape index (κ1) is 10.6. The Kier molecular flexibility index (Phi) is 3.15. The van der Waals surface area contributed by atoms with Crippen molar-refractivity contribution in [2.24, 2.45) is 0 Å². The van der Waals surface area contributed by atoms with Gasteiger partial charge in [0.15, 0.2) is 5.78 Å². The third-order valence-electron chi connectivity index (χ3n) is 2.50. The molecule has 0 amide bonds. The molecule has 0 aliphatic rings. The summed E-state index contributed by atoms with van der Waals surface area (Å²) in [5, 5.41) is 0. The monoisotopic (exact) mass is 215 g/mol. The van der Waals surface area contributed by atoms with Gasteiger partial charge in [-0.2, -0.15) is 0 Å². The van der Waals surface area contributed by atoms with Gasteiger partial charge in [0.1, 0.15) is 5.76 Å². The Morgan fingerprint density at radius 2 is 2.31 bits per heavy atom. The molecule has 0 aliphatic heterocycles. The van der Waals surface area contributed by atoms with Crippen LogP contribution in [0, 0.1) is 0 Å². The quantitative estimate of drug-likeness (QED) is 0.736. The predicted octanol–water partition coefficient (Wildman–Crippen LogP) is 2.66. The van der Waals surface area contributed by atoms with Crippen LogP contribution in [0.3, 0.4) is 0 Å². The maximum Gasteiger partial charge on any atom is 0.170 e. The number of furan rings is 1. The molecule has 0 unspecified atom stereocenters. The number of carbonyl (C=O) groups is 1. The number of hydrogen-bond acceptors (Lipinski definition) is 3. The summed E-state index contributed by atoms with van der Waals surface area (Å²) in [7, 11) is 0. The smallest absolute Gasteiger partial charge is 0.170 e. The van der Waals surface area contributed by atoms with Gasteiger partial charge in [-0.3, -0.25) is 9.78 Å². The molecule has 3 heteroatoms. The fourth-order valence-electron chi connectivity index (χ4n) is 1.65. The zero-order valence-electron chi connectivity index (χ0n) is 9.14. The molecule has 0 aliphatic carbocycles. The largest absolute Gasteiger partial charge is 0.469 e. The summed E-state index contributed by atoms with van der Waals surface area (Å²) in [6.07, 6.45) is 6.09. The molecule has 0 saturated carbocycles. The molecule has 0 saturated heterocycles. The first-order chi connectivity index (χ1) is 7.81. The lowest BCUT2D eigenvalue weighted by molar-refractivity contribution is 0.0986. The number of carbonyl (C=O) groups excluding carboxylic acids is 1. The van der Waals surface area contributed by atoms with Crippen molar-refractivity contribution < 1.29 is 9.21 Å². The van der Waals surface area contributed by atoms with Crippen molar-refractivity contribution in [1.29, 1.82) is 0 Å². The molecule has 0 aromatic carbocycles. The van der Waals surface area contributed by atoms with Crippen LogP contribution in [0.15, 0.2) is 41.3 Å². The molecule has 0 radical (unpaired) electrons. The Bertz CT molecular complexity index is 474. The van der Waals surface area contributed by atoms with Crippen molar-refractivity contribution in [2.45, 2.75) is 19.8 Å². The second-order valence-corrected chi connectivity index (χ2v) is 3.57. The number of rotatable bonds is 4. The van der Waals surface area contributed by atoms with Crippen molar-refractivity contribution in [1.82, 2.24) is 4.98 Å². The summed E-state index contributed by atoms with van der Waals surface area (Å²) in [5.74, 6) is 0.776. The van der Waals surface area contributed by atoms with Crippen molar-refractivity contribution in [3.05, 3.63) is 53.7 Å². The maximum absolute atomic E-state index is 12.0. The van der Waals surface area contributed by atoms with Gasteiger partial charge in [-0.05, 0) is 30.2 Å². The van der Waals surface area contributed by atoms with Crippen LogP contribution in [0.1, 0.15) is 28.6 Å². The van der Waals surface area contributed by atoms with Crippen molar-refractivity contribution in [2.75, 3.05) is 0 Å². The average molecular weight is 215 g/mol. The summed E-state index contributed by atoms with van der Waals surface area (Å²) in [6, 6.07) is 5.37. The minimum Gasteiger partial charge on any atom is -0.469 e. The molecule has 2 heterocycles. The van der Waals surface area contributed by atoms with E-state index in [0.717, 1.165) is 17.5 Å². The van der Waals surface area contributed by atoms with E-state index in [9.17, 15) is 4.79 Å². The molecule has 2 rings (SSSR count). The number of nitrogens with zero attached hydrogens (tertiary/aromatic N) is 1. The number of aromatic nitrogens is 1. The summed E-state index contributed by atoms with van der Waals surface area (Å²) in [4.78, 5) is 16.0.